The number of hydrogen-bond acceptors (Lipinski definition) is 2. The topological polar surface area (TPSA) is 49.4 Å². The molecule has 5 heteroatoms. The van der Waals surface area contributed by atoms with Gasteiger partial charge >= 0.3 is 0 Å². The van der Waals surface area contributed by atoms with Gasteiger partial charge in [0, 0.05) is 18.5 Å². The Balaban J connectivity index is 1.97. The molecular formula is C28H31FN2O2. The van der Waals surface area contributed by atoms with Gasteiger partial charge in [-0.25, -0.2) is 4.39 Å². The van der Waals surface area contributed by atoms with Crippen LogP contribution in [0.1, 0.15) is 37.5 Å². The zero-order chi connectivity index (χ0) is 23.8. The van der Waals surface area contributed by atoms with Gasteiger partial charge < -0.3 is 10.2 Å². The van der Waals surface area contributed by atoms with E-state index in [9.17, 15) is 14.0 Å². The number of amides is 2. The first-order valence-corrected chi connectivity index (χ1v) is 11.1. The maximum absolute atomic E-state index is 13.6. The van der Waals surface area contributed by atoms with Gasteiger partial charge in [0.2, 0.25) is 11.8 Å². The molecule has 33 heavy (non-hydrogen) atoms. The van der Waals surface area contributed by atoms with E-state index in [0.29, 0.717) is 6.42 Å². The van der Waals surface area contributed by atoms with Gasteiger partial charge in [0.1, 0.15) is 11.9 Å². The fourth-order valence-corrected chi connectivity index (χ4v) is 3.67. The van der Waals surface area contributed by atoms with Crippen molar-refractivity contribution in [3.8, 4) is 0 Å². The Hall–Kier alpha value is -3.47. The van der Waals surface area contributed by atoms with Gasteiger partial charge in [0.05, 0.1) is 6.42 Å². The van der Waals surface area contributed by atoms with E-state index in [-0.39, 0.29) is 30.6 Å². The Kier molecular flexibility index (Phi) is 7.99. The SMILES string of the molecule is CC(C)(C)NC(=O)[C@H](Cc1ccccc1)N(Cc1ccc(F)cc1)C(=O)Cc1ccccc1. The minimum Gasteiger partial charge on any atom is -0.350 e. The molecule has 0 spiro atoms. The van der Waals surface area contributed by atoms with Crippen LogP contribution < -0.4 is 5.32 Å². The normalized spacial score (nSPS) is 12.1. The molecule has 0 aliphatic rings. The summed E-state index contributed by atoms with van der Waals surface area (Å²) in [6.07, 6.45) is 0.556. The van der Waals surface area contributed by atoms with Gasteiger partial charge in [-0.1, -0.05) is 72.8 Å². The summed E-state index contributed by atoms with van der Waals surface area (Å²) in [4.78, 5) is 28.6. The number of carbonyl (C=O) groups is 2. The molecule has 172 valence electrons. The van der Waals surface area contributed by atoms with Crippen LogP contribution in [0.4, 0.5) is 4.39 Å². The highest BCUT2D eigenvalue weighted by Crippen LogP contribution is 2.18. The lowest BCUT2D eigenvalue weighted by Gasteiger charge is -2.34. The van der Waals surface area contributed by atoms with Crippen LogP contribution in [0.25, 0.3) is 0 Å². The standard InChI is InChI=1S/C28H31FN2O2/c1-28(2,3)30-27(33)25(18-21-10-6-4-7-11-21)31(20-23-14-16-24(29)17-15-23)26(32)19-22-12-8-5-9-13-22/h4-17,25H,18-20H2,1-3H3,(H,30,33)/t25-/m0/s1. The molecule has 0 aromatic heterocycles. The van der Waals surface area contributed by atoms with E-state index in [1.54, 1.807) is 17.0 Å². The smallest absolute Gasteiger partial charge is 0.243 e. The van der Waals surface area contributed by atoms with Crippen LogP contribution in [0, 0.1) is 5.82 Å². The van der Waals surface area contributed by atoms with E-state index >= 15 is 0 Å². The van der Waals surface area contributed by atoms with Gasteiger partial charge in [-0.05, 0) is 49.6 Å². The third-order valence-electron chi connectivity index (χ3n) is 5.23. The number of carbonyl (C=O) groups excluding carboxylic acids is 2. The van der Waals surface area contributed by atoms with Crippen LogP contribution in [0.3, 0.4) is 0 Å². The predicted octanol–water partition coefficient (Wildman–Crippen LogP) is 4.92. The molecule has 0 fully saturated rings. The average molecular weight is 447 g/mol. The van der Waals surface area contributed by atoms with Crippen molar-refractivity contribution in [1.29, 1.82) is 0 Å². The van der Waals surface area contributed by atoms with Gasteiger partial charge in [-0.2, -0.15) is 0 Å². The van der Waals surface area contributed by atoms with E-state index in [0.717, 1.165) is 16.7 Å². The number of hydrogen-bond donors (Lipinski definition) is 1. The Morgan fingerprint density at radius 3 is 1.91 bits per heavy atom. The molecule has 0 radical (unpaired) electrons. The lowest BCUT2D eigenvalue weighted by atomic mass is 10.00. The molecule has 1 atom stereocenters. The summed E-state index contributed by atoms with van der Waals surface area (Å²) < 4.78 is 13.5. The molecule has 3 aromatic rings. The Bertz CT molecular complexity index is 1040. The van der Waals surface area contributed by atoms with Crippen molar-refractivity contribution in [2.75, 3.05) is 0 Å². The number of halogens is 1. The third-order valence-corrected chi connectivity index (χ3v) is 5.23. The predicted molar refractivity (Wildman–Crippen MR) is 129 cm³/mol. The molecule has 2 amide bonds. The largest absolute Gasteiger partial charge is 0.350 e. The fraction of sp³-hybridized carbons (Fsp3) is 0.286. The van der Waals surface area contributed by atoms with Crippen LogP contribution in [-0.2, 0) is 29.0 Å². The molecule has 4 nitrogen and oxygen atoms in total. The van der Waals surface area contributed by atoms with Crippen LogP contribution in [0.2, 0.25) is 0 Å². The summed E-state index contributed by atoms with van der Waals surface area (Å²) in [5, 5.41) is 3.04. The van der Waals surface area contributed by atoms with Gasteiger partial charge in [0.25, 0.3) is 0 Å². The lowest BCUT2D eigenvalue weighted by Crippen LogP contribution is -2.54. The van der Waals surface area contributed by atoms with Gasteiger partial charge in [0.15, 0.2) is 0 Å². The number of nitrogens with one attached hydrogen (secondary N) is 1. The van der Waals surface area contributed by atoms with Crippen molar-refractivity contribution in [2.24, 2.45) is 0 Å². The Morgan fingerprint density at radius 1 is 0.818 bits per heavy atom. The van der Waals surface area contributed by atoms with Crippen LogP contribution in [0.15, 0.2) is 84.9 Å². The van der Waals surface area contributed by atoms with E-state index in [4.69, 9.17) is 0 Å². The first-order valence-electron chi connectivity index (χ1n) is 11.1. The number of nitrogens with zero attached hydrogens (tertiary/aromatic N) is 1. The minimum atomic E-state index is -0.715. The zero-order valence-electron chi connectivity index (χ0n) is 19.4. The molecule has 0 bridgehead atoms. The van der Waals surface area contributed by atoms with Gasteiger partial charge in [-0.3, -0.25) is 9.59 Å². The highest BCUT2D eigenvalue weighted by Gasteiger charge is 2.32. The maximum Gasteiger partial charge on any atom is 0.243 e. The first kappa shape index (κ1) is 24.2. The van der Waals surface area contributed by atoms with Crippen molar-refractivity contribution < 1.29 is 14.0 Å². The van der Waals surface area contributed by atoms with Crippen LogP contribution >= 0.6 is 0 Å². The summed E-state index contributed by atoms with van der Waals surface area (Å²) in [5.74, 6) is -0.711. The molecule has 0 unspecified atom stereocenters. The number of benzene rings is 3. The van der Waals surface area contributed by atoms with Crippen LogP contribution in [-0.4, -0.2) is 28.3 Å². The first-order chi connectivity index (χ1) is 15.7. The number of rotatable bonds is 8. The molecule has 1 N–H and O–H groups in total. The highest BCUT2D eigenvalue weighted by molar-refractivity contribution is 5.89. The summed E-state index contributed by atoms with van der Waals surface area (Å²) in [6, 6.07) is 24.5. The monoisotopic (exact) mass is 446 g/mol. The van der Waals surface area contributed by atoms with E-state index < -0.39 is 11.6 Å². The van der Waals surface area contributed by atoms with Crippen LogP contribution in [0.5, 0.6) is 0 Å². The molecule has 0 heterocycles. The van der Waals surface area contributed by atoms with E-state index in [1.165, 1.54) is 12.1 Å². The Labute approximate surface area is 195 Å². The fourth-order valence-electron chi connectivity index (χ4n) is 3.67. The van der Waals surface area contributed by atoms with Gasteiger partial charge in [-0.15, -0.1) is 0 Å². The van der Waals surface area contributed by atoms with Crippen molar-refractivity contribution in [3.63, 3.8) is 0 Å². The summed E-state index contributed by atoms with van der Waals surface area (Å²) >= 11 is 0. The summed E-state index contributed by atoms with van der Waals surface area (Å²) in [5.41, 5.74) is 2.15. The molecule has 0 saturated heterocycles. The van der Waals surface area contributed by atoms with Crippen molar-refractivity contribution in [2.45, 2.75) is 51.7 Å². The average Bonchev–Trinajstić information content (AvgIpc) is 2.77. The molecule has 0 saturated carbocycles. The minimum absolute atomic E-state index is 0.157. The maximum atomic E-state index is 13.6. The van der Waals surface area contributed by atoms with Crippen molar-refractivity contribution in [1.82, 2.24) is 10.2 Å². The lowest BCUT2D eigenvalue weighted by molar-refractivity contribution is -0.141. The summed E-state index contributed by atoms with van der Waals surface area (Å²) in [6.45, 7) is 5.96. The third kappa shape index (κ3) is 7.56. The van der Waals surface area contributed by atoms with Crippen molar-refractivity contribution in [3.05, 3.63) is 107 Å². The molecule has 3 rings (SSSR count). The highest BCUT2D eigenvalue weighted by atomic mass is 19.1. The quantitative estimate of drug-likeness (QED) is 0.534. The zero-order valence-corrected chi connectivity index (χ0v) is 19.4. The summed E-state index contributed by atoms with van der Waals surface area (Å²) in [7, 11) is 0. The second-order valence-corrected chi connectivity index (χ2v) is 9.26. The second kappa shape index (κ2) is 10.9. The van der Waals surface area contributed by atoms with E-state index in [2.05, 4.69) is 5.32 Å². The van der Waals surface area contributed by atoms with Crippen molar-refractivity contribution >= 4 is 11.8 Å². The van der Waals surface area contributed by atoms with E-state index in [1.807, 2.05) is 81.4 Å². The molecule has 3 aromatic carbocycles. The Morgan fingerprint density at radius 2 is 1.36 bits per heavy atom. The molecule has 0 aliphatic carbocycles. The second-order valence-electron chi connectivity index (χ2n) is 9.26. The molecule has 0 aliphatic heterocycles. The molecular weight excluding hydrogens is 415 g/mol.